The molecule has 0 aliphatic rings. The number of amides is 1. The van der Waals surface area contributed by atoms with Crippen molar-refractivity contribution >= 4 is 22.5 Å². The van der Waals surface area contributed by atoms with Crippen LogP contribution in [0.2, 0.25) is 0 Å². The Morgan fingerprint density at radius 3 is 2.76 bits per heavy atom. The van der Waals surface area contributed by atoms with Crippen LogP contribution in [0.1, 0.15) is 10.5 Å². The zero-order valence-corrected chi connectivity index (χ0v) is 11.0. The molecule has 2 heterocycles. The van der Waals surface area contributed by atoms with Crippen LogP contribution >= 0.6 is 0 Å². The van der Waals surface area contributed by atoms with Gasteiger partial charge in [0.25, 0.3) is 5.91 Å². The van der Waals surface area contributed by atoms with E-state index in [-0.39, 0.29) is 11.6 Å². The molecule has 21 heavy (non-hydrogen) atoms. The number of nitrogens with two attached hydrogens (primary N) is 2. The molecule has 6 heteroatoms. The van der Waals surface area contributed by atoms with Gasteiger partial charge in [0.15, 0.2) is 0 Å². The molecule has 0 bridgehead atoms. The molecule has 0 radical (unpaired) electrons. The van der Waals surface area contributed by atoms with Crippen molar-refractivity contribution in [1.29, 1.82) is 0 Å². The zero-order valence-electron chi connectivity index (χ0n) is 11.0. The second kappa shape index (κ2) is 5.09. The minimum absolute atomic E-state index is 0.0907. The number of fused-ring (bicyclic) bond motifs is 1. The first-order chi connectivity index (χ1) is 10.1. The average Bonchev–Trinajstić information content (AvgIpc) is 2.49. The van der Waals surface area contributed by atoms with Crippen LogP contribution in [0.25, 0.3) is 10.9 Å². The Morgan fingerprint density at radius 2 is 1.95 bits per heavy atom. The van der Waals surface area contributed by atoms with E-state index < -0.39 is 5.91 Å². The number of aromatic nitrogens is 2. The fourth-order valence-electron chi connectivity index (χ4n) is 1.89. The molecule has 0 aliphatic heterocycles. The normalized spacial score (nSPS) is 10.5. The van der Waals surface area contributed by atoms with Crippen LogP contribution in [-0.2, 0) is 0 Å². The van der Waals surface area contributed by atoms with Crippen molar-refractivity contribution in [1.82, 2.24) is 9.97 Å². The van der Waals surface area contributed by atoms with Crippen LogP contribution in [0.5, 0.6) is 11.6 Å². The van der Waals surface area contributed by atoms with Gasteiger partial charge in [-0.2, -0.15) is 0 Å². The molecule has 0 aliphatic carbocycles. The molecular formula is C15H12N4O2. The summed E-state index contributed by atoms with van der Waals surface area (Å²) in [7, 11) is 0. The van der Waals surface area contributed by atoms with Gasteiger partial charge in [0.2, 0.25) is 5.88 Å². The molecule has 2 aromatic heterocycles. The van der Waals surface area contributed by atoms with E-state index in [4.69, 9.17) is 16.2 Å². The highest BCUT2D eigenvalue weighted by Crippen LogP contribution is 2.27. The first-order valence-corrected chi connectivity index (χ1v) is 6.22. The molecule has 0 spiro atoms. The summed E-state index contributed by atoms with van der Waals surface area (Å²) in [6.45, 7) is 0. The number of anilines is 1. The molecule has 0 atom stereocenters. The van der Waals surface area contributed by atoms with Gasteiger partial charge in [-0.25, -0.2) is 4.98 Å². The molecule has 3 rings (SSSR count). The second-order valence-electron chi connectivity index (χ2n) is 4.42. The smallest absolute Gasteiger partial charge is 0.267 e. The van der Waals surface area contributed by atoms with Gasteiger partial charge in [-0.1, -0.05) is 18.2 Å². The lowest BCUT2D eigenvalue weighted by atomic mass is 10.2. The van der Waals surface area contributed by atoms with Crippen LogP contribution in [0.4, 0.5) is 5.69 Å². The Morgan fingerprint density at radius 1 is 1.14 bits per heavy atom. The summed E-state index contributed by atoms with van der Waals surface area (Å²) in [5, 5.41) is 0.930. The number of pyridine rings is 2. The van der Waals surface area contributed by atoms with Gasteiger partial charge in [0, 0.05) is 5.39 Å². The lowest BCUT2D eigenvalue weighted by Crippen LogP contribution is -2.13. The van der Waals surface area contributed by atoms with Gasteiger partial charge in [0.05, 0.1) is 17.4 Å². The van der Waals surface area contributed by atoms with Crippen LogP contribution in [0.3, 0.4) is 0 Å². The summed E-state index contributed by atoms with van der Waals surface area (Å²) < 4.78 is 5.60. The van der Waals surface area contributed by atoms with Gasteiger partial charge >= 0.3 is 0 Å². The maximum atomic E-state index is 11.1. The molecule has 104 valence electrons. The molecule has 0 unspecified atom stereocenters. The van der Waals surface area contributed by atoms with Gasteiger partial charge < -0.3 is 16.2 Å². The highest BCUT2D eigenvalue weighted by atomic mass is 16.5. The summed E-state index contributed by atoms with van der Waals surface area (Å²) >= 11 is 0. The van der Waals surface area contributed by atoms with Crippen molar-refractivity contribution in [2.24, 2.45) is 5.73 Å². The predicted molar refractivity (Wildman–Crippen MR) is 79.0 cm³/mol. The monoisotopic (exact) mass is 280 g/mol. The summed E-state index contributed by atoms with van der Waals surface area (Å²) in [6, 6.07) is 12.4. The molecule has 0 saturated carbocycles. The fraction of sp³-hybridized carbons (Fsp3) is 0. The molecule has 0 fully saturated rings. The Balaban J connectivity index is 1.98. The summed E-state index contributed by atoms with van der Waals surface area (Å²) in [5.41, 5.74) is 12.2. The number of para-hydroxylation sites is 1. The Bertz CT molecular complexity index is 833. The van der Waals surface area contributed by atoms with E-state index in [1.165, 1.54) is 12.1 Å². The zero-order chi connectivity index (χ0) is 14.8. The molecule has 1 amide bonds. The van der Waals surface area contributed by atoms with Crippen molar-refractivity contribution in [3.63, 3.8) is 0 Å². The lowest BCUT2D eigenvalue weighted by Gasteiger charge is -2.08. The van der Waals surface area contributed by atoms with Crippen molar-refractivity contribution in [2.75, 3.05) is 5.73 Å². The van der Waals surface area contributed by atoms with Gasteiger partial charge in [-0.15, -0.1) is 0 Å². The van der Waals surface area contributed by atoms with E-state index in [2.05, 4.69) is 9.97 Å². The third-order valence-electron chi connectivity index (χ3n) is 2.92. The maximum absolute atomic E-state index is 11.1. The molecule has 3 aromatic rings. The Labute approximate surface area is 120 Å². The number of rotatable bonds is 3. The van der Waals surface area contributed by atoms with Gasteiger partial charge in [-0.05, 0) is 24.3 Å². The first kappa shape index (κ1) is 12.9. The number of nitrogen functional groups attached to an aromatic ring is 1. The summed E-state index contributed by atoms with van der Waals surface area (Å²) in [4.78, 5) is 19.4. The number of hydrogen-bond acceptors (Lipinski definition) is 5. The van der Waals surface area contributed by atoms with E-state index in [0.717, 1.165) is 10.9 Å². The van der Waals surface area contributed by atoms with E-state index in [1.54, 1.807) is 6.20 Å². The number of primary amides is 1. The van der Waals surface area contributed by atoms with Gasteiger partial charge in [0.1, 0.15) is 11.4 Å². The number of benzene rings is 1. The third kappa shape index (κ3) is 2.59. The number of carbonyl (C=O) groups excluding carboxylic acids is 1. The SMILES string of the molecule is NC(=O)c1ccc(N)c(Oc2cnc3ccccc3c2)n1. The number of ether oxygens (including phenoxy) is 1. The molecule has 0 saturated heterocycles. The molecule has 4 N–H and O–H groups in total. The summed E-state index contributed by atoms with van der Waals surface area (Å²) in [5.74, 6) is -0.0330. The largest absolute Gasteiger partial charge is 0.435 e. The number of carbonyl (C=O) groups is 1. The van der Waals surface area contributed by atoms with Gasteiger partial charge in [-0.3, -0.25) is 9.78 Å². The topological polar surface area (TPSA) is 104 Å². The third-order valence-corrected chi connectivity index (χ3v) is 2.92. The van der Waals surface area contributed by atoms with Crippen molar-refractivity contribution in [2.45, 2.75) is 0 Å². The standard InChI is InChI=1S/C15H12N4O2/c16-11-5-6-13(14(17)20)19-15(11)21-10-7-9-3-1-2-4-12(9)18-8-10/h1-8H,16H2,(H2,17,20). The van der Waals surface area contributed by atoms with Crippen LogP contribution in [-0.4, -0.2) is 15.9 Å². The van der Waals surface area contributed by atoms with Crippen LogP contribution in [0.15, 0.2) is 48.7 Å². The van der Waals surface area contributed by atoms with Crippen molar-refractivity contribution in [3.8, 4) is 11.6 Å². The number of nitrogens with zero attached hydrogens (tertiary/aromatic N) is 2. The van der Waals surface area contributed by atoms with Crippen molar-refractivity contribution < 1.29 is 9.53 Å². The fourth-order valence-corrected chi connectivity index (χ4v) is 1.89. The number of hydrogen-bond donors (Lipinski definition) is 2. The minimum atomic E-state index is -0.642. The molecular weight excluding hydrogens is 268 g/mol. The van der Waals surface area contributed by atoms with E-state index in [1.807, 2.05) is 30.3 Å². The molecule has 1 aromatic carbocycles. The van der Waals surface area contributed by atoms with Crippen molar-refractivity contribution in [3.05, 3.63) is 54.4 Å². The minimum Gasteiger partial charge on any atom is -0.435 e. The Kier molecular flexibility index (Phi) is 3.12. The highest BCUT2D eigenvalue weighted by Gasteiger charge is 2.09. The van der Waals surface area contributed by atoms with E-state index in [9.17, 15) is 4.79 Å². The van der Waals surface area contributed by atoms with Crippen LogP contribution in [0, 0.1) is 0 Å². The van der Waals surface area contributed by atoms with E-state index in [0.29, 0.717) is 11.4 Å². The molecule has 6 nitrogen and oxygen atoms in total. The quantitative estimate of drug-likeness (QED) is 0.764. The summed E-state index contributed by atoms with van der Waals surface area (Å²) in [6.07, 6.45) is 1.57. The lowest BCUT2D eigenvalue weighted by molar-refractivity contribution is 0.0995. The van der Waals surface area contributed by atoms with E-state index >= 15 is 0 Å². The Hall–Kier alpha value is -3.15. The second-order valence-corrected chi connectivity index (χ2v) is 4.42. The highest BCUT2D eigenvalue weighted by molar-refractivity contribution is 5.91. The maximum Gasteiger partial charge on any atom is 0.267 e. The average molecular weight is 280 g/mol. The predicted octanol–water partition coefficient (Wildman–Crippen LogP) is 2.10. The van der Waals surface area contributed by atoms with Crippen LogP contribution < -0.4 is 16.2 Å². The first-order valence-electron chi connectivity index (χ1n) is 6.22.